The minimum Gasteiger partial charge on any atom is -0.434 e. The number of guanidine groups is 1. The normalized spacial score (nSPS) is 16.9. The number of hydrogen-bond acceptors (Lipinski definition) is 4. The first kappa shape index (κ1) is 24.3. The van der Waals surface area contributed by atoms with Crippen molar-refractivity contribution >= 4 is 45.9 Å². The van der Waals surface area contributed by atoms with E-state index in [1.54, 1.807) is 19.2 Å². The summed E-state index contributed by atoms with van der Waals surface area (Å²) in [6, 6.07) is 4.90. The van der Waals surface area contributed by atoms with Crippen molar-refractivity contribution in [3.05, 3.63) is 28.2 Å². The third kappa shape index (κ3) is 9.35. The van der Waals surface area contributed by atoms with Gasteiger partial charge in [-0.1, -0.05) is 15.9 Å². The molecule has 1 aromatic carbocycles. The highest BCUT2D eigenvalue weighted by Gasteiger charge is 2.15. The highest BCUT2D eigenvalue weighted by Crippen LogP contribution is 2.24. The van der Waals surface area contributed by atoms with E-state index in [0.29, 0.717) is 37.8 Å². The summed E-state index contributed by atoms with van der Waals surface area (Å²) in [5.41, 5.74) is 0.604. The number of hydrogen-bond donors (Lipinski definition) is 2. The minimum atomic E-state index is -2.86. The zero-order chi connectivity index (χ0) is 18.8. The number of halogens is 4. The van der Waals surface area contributed by atoms with Crippen LogP contribution in [0.3, 0.4) is 0 Å². The summed E-state index contributed by atoms with van der Waals surface area (Å²) in [6.07, 6.45) is 1.98. The smallest absolute Gasteiger partial charge is 0.387 e. The maximum Gasteiger partial charge on any atom is 0.387 e. The van der Waals surface area contributed by atoms with Crippen LogP contribution in [0.1, 0.15) is 18.4 Å². The Morgan fingerprint density at radius 3 is 2.89 bits per heavy atom. The lowest BCUT2D eigenvalue weighted by Gasteiger charge is -2.15. The molecule has 0 amide bonds. The van der Waals surface area contributed by atoms with Crippen molar-refractivity contribution in [3.63, 3.8) is 0 Å². The maximum atomic E-state index is 12.5. The van der Waals surface area contributed by atoms with Crippen molar-refractivity contribution in [1.82, 2.24) is 10.6 Å². The van der Waals surface area contributed by atoms with Crippen LogP contribution >= 0.6 is 39.9 Å². The first-order chi connectivity index (χ1) is 12.6. The molecule has 6 nitrogen and oxygen atoms in total. The quantitative estimate of drug-likeness (QED) is 0.208. The van der Waals surface area contributed by atoms with Crippen molar-refractivity contribution in [1.29, 1.82) is 0 Å². The van der Waals surface area contributed by atoms with Gasteiger partial charge in [0, 0.05) is 43.4 Å². The Morgan fingerprint density at radius 2 is 2.22 bits per heavy atom. The molecule has 0 saturated carbocycles. The van der Waals surface area contributed by atoms with Crippen LogP contribution in [0.5, 0.6) is 5.75 Å². The summed E-state index contributed by atoms with van der Waals surface area (Å²) in [7, 11) is 1.65. The van der Waals surface area contributed by atoms with Gasteiger partial charge in [0.15, 0.2) is 5.96 Å². The number of nitrogens with zero attached hydrogens (tertiary/aromatic N) is 1. The molecule has 27 heavy (non-hydrogen) atoms. The summed E-state index contributed by atoms with van der Waals surface area (Å²) < 4.78 is 41.3. The lowest BCUT2D eigenvalue weighted by molar-refractivity contribution is -0.0504. The molecule has 1 heterocycles. The van der Waals surface area contributed by atoms with Crippen LogP contribution in [0.2, 0.25) is 0 Å². The molecule has 0 radical (unpaired) electrons. The molecular formula is C17H25BrF2IN3O3. The third-order valence-corrected chi connectivity index (χ3v) is 4.26. The lowest BCUT2D eigenvalue weighted by atomic mass is 10.2. The minimum absolute atomic E-state index is 0. The monoisotopic (exact) mass is 563 g/mol. The second-order valence-electron chi connectivity index (χ2n) is 5.69. The molecule has 0 spiro atoms. The van der Waals surface area contributed by atoms with Crippen LogP contribution in [0.25, 0.3) is 0 Å². The van der Waals surface area contributed by atoms with Crippen LogP contribution in [0.4, 0.5) is 8.78 Å². The number of rotatable bonds is 9. The molecule has 1 saturated heterocycles. The fourth-order valence-electron chi connectivity index (χ4n) is 2.47. The molecule has 1 aliphatic heterocycles. The summed E-state index contributed by atoms with van der Waals surface area (Å²) in [6.45, 7) is 0.218. The van der Waals surface area contributed by atoms with Gasteiger partial charge in [0.1, 0.15) is 5.75 Å². The molecule has 2 N–H and O–H groups in total. The first-order valence-corrected chi connectivity index (χ1v) is 9.25. The largest absolute Gasteiger partial charge is 0.434 e. The van der Waals surface area contributed by atoms with E-state index in [-0.39, 0.29) is 35.8 Å². The van der Waals surface area contributed by atoms with Crippen molar-refractivity contribution in [2.24, 2.45) is 4.99 Å². The summed E-state index contributed by atoms with van der Waals surface area (Å²) >= 11 is 3.33. The average molecular weight is 564 g/mol. The predicted molar refractivity (Wildman–Crippen MR) is 114 cm³/mol. The Labute approximate surface area is 183 Å². The van der Waals surface area contributed by atoms with Crippen LogP contribution in [-0.4, -0.2) is 52.1 Å². The molecule has 1 unspecified atom stereocenters. The van der Waals surface area contributed by atoms with Gasteiger partial charge >= 0.3 is 6.61 Å². The zero-order valence-electron chi connectivity index (χ0n) is 15.1. The van der Waals surface area contributed by atoms with E-state index in [9.17, 15) is 8.78 Å². The molecule has 1 atom stereocenters. The van der Waals surface area contributed by atoms with Crippen LogP contribution in [0.15, 0.2) is 27.7 Å². The van der Waals surface area contributed by atoms with E-state index in [1.165, 1.54) is 6.07 Å². The molecule has 2 rings (SSSR count). The van der Waals surface area contributed by atoms with Crippen LogP contribution in [-0.2, 0) is 16.0 Å². The average Bonchev–Trinajstić information content (AvgIpc) is 3.12. The predicted octanol–water partition coefficient (Wildman–Crippen LogP) is 3.53. The Hall–Kier alpha value is -0.720. The van der Waals surface area contributed by atoms with Crippen molar-refractivity contribution in [2.45, 2.75) is 32.1 Å². The molecule has 1 aliphatic rings. The summed E-state index contributed by atoms with van der Waals surface area (Å²) in [4.78, 5) is 4.12. The SMILES string of the molecule is CN=C(NCCCOC1CCOC1)NCc1cc(Br)ccc1OC(F)F.I. The van der Waals surface area contributed by atoms with E-state index in [2.05, 4.69) is 36.3 Å². The second kappa shape index (κ2) is 13.5. The Balaban J connectivity index is 0.00000364. The second-order valence-corrected chi connectivity index (χ2v) is 6.61. The Bertz CT molecular complexity index is 591. The van der Waals surface area contributed by atoms with Gasteiger partial charge in [0.05, 0.1) is 12.7 Å². The van der Waals surface area contributed by atoms with Gasteiger partial charge < -0.3 is 24.8 Å². The molecule has 1 aromatic rings. The summed E-state index contributed by atoms with van der Waals surface area (Å²) in [5, 5.41) is 6.26. The van der Waals surface area contributed by atoms with Gasteiger partial charge in [-0.05, 0) is 31.0 Å². The van der Waals surface area contributed by atoms with Crippen LogP contribution in [0, 0.1) is 0 Å². The fourth-order valence-corrected chi connectivity index (χ4v) is 2.88. The Morgan fingerprint density at radius 1 is 1.41 bits per heavy atom. The molecule has 1 fully saturated rings. The van der Waals surface area contributed by atoms with Gasteiger partial charge in [0.2, 0.25) is 0 Å². The number of benzene rings is 1. The number of nitrogens with one attached hydrogen (secondary N) is 2. The topological polar surface area (TPSA) is 64.1 Å². The van der Waals surface area contributed by atoms with Crippen molar-refractivity contribution in [3.8, 4) is 5.75 Å². The lowest BCUT2D eigenvalue weighted by Crippen LogP contribution is -2.37. The van der Waals surface area contributed by atoms with E-state index in [1.807, 2.05) is 0 Å². The number of ether oxygens (including phenoxy) is 3. The zero-order valence-corrected chi connectivity index (χ0v) is 19.0. The standard InChI is InChI=1S/C17H24BrF2N3O3.HI/c1-21-17(22-6-2-7-25-14-5-8-24-11-14)23-10-12-9-13(18)3-4-15(12)26-16(19)20;/h3-4,9,14,16H,2,5-8,10-11H2,1H3,(H2,21,22,23);1H. The van der Waals surface area contributed by atoms with E-state index in [4.69, 9.17) is 9.47 Å². The fraction of sp³-hybridized carbons (Fsp3) is 0.588. The molecule has 154 valence electrons. The molecule has 0 bridgehead atoms. The van der Waals surface area contributed by atoms with E-state index >= 15 is 0 Å². The van der Waals surface area contributed by atoms with Gasteiger partial charge in [-0.2, -0.15) is 8.78 Å². The molecular weight excluding hydrogens is 539 g/mol. The van der Waals surface area contributed by atoms with Gasteiger partial charge in [-0.3, -0.25) is 4.99 Å². The van der Waals surface area contributed by atoms with Crippen molar-refractivity contribution in [2.75, 3.05) is 33.4 Å². The molecule has 10 heteroatoms. The summed E-state index contributed by atoms with van der Waals surface area (Å²) in [5.74, 6) is 0.718. The third-order valence-electron chi connectivity index (χ3n) is 3.76. The van der Waals surface area contributed by atoms with Crippen LogP contribution < -0.4 is 15.4 Å². The first-order valence-electron chi connectivity index (χ1n) is 8.45. The number of aliphatic imine (C=N–C) groups is 1. The molecule has 0 aliphatic carbocycles. The number of alkyl halides is 2. The highest BCUT2D eigenvalue weighted by atomic mass is 127. The van der Waals surface area contributed by atoms with E-state index < -0.39 is 6.61 Å². The van der Waals surface area contributed by atoms with Gasteiger partial charge in [-0.15, -0.1) is 24.0 Å². The van der Waals surface area contributed by atoms with Gasteiger partial charge in [0.25, 0.3) is 0 Å². The van der Waals surface area contributed by atoms with Crippen molar-refractivity contribution < 1.29 is 23.0 Å². The highest BCUT2D eigenvalue weighted by molar-refractivity contribution is 14.0. The van der Waals surface area contributed by atoms with Gasteiger partial charge in [-0.25, -0.2) is 0 Å². The molecule has 0 aromatic heterocycles. The maximum absolute atomic E-state index is 12.5. The van der Waals surface area contributed by atoms with E-state index in [0.717, 1.165) is 23.9 Å². The Kier molecular flexibility index (Phi) is 12.1.